The lowest BCUT2D eigenvalue weighted by Crippen LogP contribution is -2.55. The molecule has 2 rings (SSSR count). The van der Waals surface area contributed by atoms with Gasteiger partial charge >= 0.3 is 5.97 Å². The van der Waals surface area contributed by atoms with Crippen molar-refractivity contribution in [2.24, 2.45) is 0 Å². The second kappa shape index (κ2) is 4.66. The van der Waals surface area contributed by atoms with Gasteiger partial charge in [-0.2, -0.15) is 0 Å². The van der Waals surface area contributed by atoms with Crippen LogP contribution in [-0.4, -0.2) is 40.8 Å². The Morgan fingerprint density at radius 2 is 1.94 bits per heavy atom. The third kappa shape index (κ3) is 2.28. The monoisotopic (exact) mass is 251 g/mol. The summed E-state index contributed by atoms with van der Waals surface area (Å²) < 4.78 is 5.04. The average molecular weight is 251 g/mol. The Balaban J connectivity index is 2.15. The molecule has 1 heterocycles. The minimum absolute atomic E-state index is 0.0356. The molecule has 1 aliphatic rings. The lowest BCUT2D eigenvalue weighted by Gasteiger charge is -2.23. The van der Waals surface area contributed by atoms with Gasteiger partial charge in [0.05, 0.1) is 6.61 Å². The van der Waals surface area contributed by atoms with E-state index in [1.54, 1.807) is 0 Å². The van der Waals surface area contributed by atoms with Gasteiger partial charge in [0.15, 0.2) is 5.54 Å². The summed E-state index contributed by atoms with van der Waals surface area (Å²) in [6.45, 7) is 0.272. The van der Waals surface area contributed by atoms with Gasteiger partial charge < -0.3 is 20.3 Å². The maximum absolute atomic E-state index is 11.9. The Morgan fingerprint density at radius 1 is 1.28 bits per heavy atom. The van der Waals surface area contributed by atoms with Gasteiger partial charge in [-0.15, -0.1) is 0 Å². The van der Waals surface area contributed by atoms with Crippen molar-refractivity contribution in [3.63, 3.8) is 0 Å². The fraction of sp³-hybridized carbons (Fsp3) is 0.333. The Bertz CT molecular complexity index is 462. The number of carboxylic acid groups (broad SMARTS) is 1. The van der Waals surface area contributed by atoms with Gasteiger partial charge in [0.1, 0.15) is 5.75 Å². The number of rotatable bonds is 3. The molecule has 1 aliphatic heterocycles. The number of benzene rings is 1. The molecule has 96 valence electrons. The van der Waals surface area contributed by atoms with E-state index in [1.165, 1.54) is 24.3 Å². The van der Waals surface area contributed by atoms with Gasteiger partial charge in [-0.05, 0) is 24.3 Å². The summed E-state index contributed by atoms with van der Waals surface area (Å²) in [6, 6.07) is 5.59. The Labute approximate surface area is 103 Å². The van der Waals surface area contributed by atoms with Crippen LogP contribution < -0.4 is 5.32 Å². The van der Waals surface area contributed by atoms with E-state index in [0.717, 1.165) is 0 Å². The van der Waals surface area contributed by atoms with Crippen molar-refractivity contribution in [1.29, 1.82) is 0 Å². The predicted octanol–water partition coefficient (Wildman–Crippen LogP) is 0.366. The Kier molecular flexibility index (Phi) is 3.20. The molecule has 1 atom stereocenters. The summed E-state index contributed by atoms with van der Waals surface area (Å²) in [6.07, 6.45) is 0.242. The van der Waals surface area contributed by atoms with Crippen molar-refractivity contribution in [1.82, 2.24) is 5.32 Å². The number of amides is 1. The molecular formula is C12H13NO5. The summed E-state index contributed by atoms with van der Waals surface area (Å²) >= 11 is 0. The number of phenolic OH excluding ortho intramolecular Hbond substituents is 1. The number of phenols is 1. The Morgan fingerprint density at radius 3 is 2.44 bits per heavy atom. The van der Waals surface area contributed by atoms with E-state index in [0.29, 0.717) is 12.2 Å². The first-order chi connectivity index (χ1) is 8.53. The molecule has 0 spiro atoms. The van der Waals surface area contributed by atoms with Crippen LogP contribution in [0.1, 0.15) is 16.8 Å². The summed E-state index contributed by atoms with van der Waals surface area (Å²) in [5, 5.41) is 20.8. The van der Waals surface area contributed by atoms with Crippen molar-refractivity contribution < 1.29 is 24.5 Å². The van der Waals surface area contributed by atoms with Gasteiger partial charge in [0.2, 0.25) is 0 Å². The van der Waals surface area contributed by atoms with E-state index in [-0.39, 0.29) is 18.8 Å². The molecule has 1 saturated heterocycles. The highest BCUT2D eigenvalue weighted by Crippen LogP contribution is 2.20. The van der Waals surface area contributed by atoms with Crippen LogP contribution in [0.5, 0.6) is 5.75 Å². The standard InChI is InChI=1S/C12H13NO5/c14-9-3-1-8(2-4-9)10(15)13-12(11(16)17)5-6-18-7-12/h1-4,14H,5-7H2,(H,13,15)(H,16,17). The predicted molar refractivity (Wildman–Crippen MR) is 61.4 cm³/mol. The summed E-state index contributed by atoms with van der Waals surface area (Å²) in [7, 11) is 0. The van der Waals surface area contributed by atoms with Crippen LogP contribution >= 0.6 is 0 Å². The molecule has 1 aromatic rings. The summed E-state index contributed by atoms with van der Waals surface area (Å²) in [5.74, 6) is -1.56. The maximum atomic E-state index is 11.9. The fourth-order valence-corrected chi connectivity index (χ4v) is 1.79. The van der Waals surface area contributed by atoms with Crippen LogP contribution in [0.4, 0.5) is 0 Å². The number of aliphatic carboxylic acids is 1. The second-order valence-electron chi connectivity index (χ2n) is 4.19. The molecule has 3 N–H and O–H groups in total. The lowest BCUT2D eigenvalue weighted by atomic mass is 9.98. The van der Waals surface area contributed by atoms with Crippen LogP contribution in [0.2, 0.25) is 0 Å². The highest BCUT2D eigenvalue weighted by Gasteiger charge is 2.44. The number of ether oxygens (including phenoxy) is 1. The van der Waals surface area contributed by atoms with Crippen molar-refractivity contribution in [2.75, 3.05) is 13.2 Å². The number of hydrogen-bond donors (Lipinski definition) is 3. The number of carbonyl (C=O) groups is 2. The van der Waals surface area contributed by atoms with Gasteiger partial charge in [-0.1, -0.05) is 0 Å². The molecule has 0 radical (unpaired) electrons. The molecular weight excluding hydrogens is 238 g/mol. The minimum Gasteiger partial charge on any atom is -0.508 e. The van der Waals surface area contributed by atoms with Gasteiger partial charge in [-0.3, -0.25) is 4.79 Å². The topological polar surface area (TPSA) is 95.9 Å². The van der Waals surface area contributed by atoms with Crippen molar-refractivity contribution in [2.45, 2.75) is 12.0 Å². The number of carboxylic acids is 1. The smallest absolute Gasteiger partial charge is 0.331 e. The van der Waals surface area contributed by atoms with E-state index < -0.39 is 17.4 Å². The summed E-state index contributed by atoms with van der Waals surface area (Å²) in [4.78, 5) is 23.1. The zero-order chi connectivity index (χ0) is 13.2. The van der Waals surface area contributed by atoms with Crippen molar-refractivity contribution >= 4 is 11.9 Å². The molecule has 1 unspecified atom stereocenters. The summed E-state index contributed by atoms with van der Waals surface area (Å²) in [5.41, 5.74) is -1.06. The van der Waals surface area contributed by atoms with E-state index in [2.05, 4.69) is 5.32 Å². The fourth-order valence-electron chi connectivity index (χ4n) is 1.79. The molecule has 6 heteroatoms. The number of carbonyl (C=O) groups excluding carboxylic acids is 1. The quantitative estimate of drug-likeness (QED) is 0.721. The zero-order valence-electron chi connectivity index (χ0n) is 9.55. The molecule has 0 aliphatic carbocycles. The Hall–Kier alpha value is -2.08. The SMILES string of the molecule is O=C(NC1(C(=O)O)CCOC1)c1ccc(O)cc1. The second-order valence-corrected chi connectivity index (χ2v) is 4.19. The van der Waals surface area contributed by atoms with Gasteiger partial charge in [0.25, 0.3) is 5.91 Å². The van der Waals surface area contributed by atoms with E-state index in [1.807, 2.05) is 0 Å². The number of hydrogen-bond acceptors (Lipinski definition) is 4. The first kappa shape index (κ1) is 12.4. The molecule has 0 aromatic heterocycles. The zero-order valence-corrected chi connectivity index (χ0v) is 9.55. The van der Waals surface area contributed by atoms with Crippen LogP contribution in [0, 0.1) is 0 Å². The van der Waals surface area contributed by atoms with Crippen LogP contribution in [0.15, 0.2) is 24.3 Å². The van der Waals surface area contributed by atoms with E-state index in [9.17, 15) is 9.59 Å². The maximum Gasteiger partial charge on any atom is 0.331 e. The molecule has 1 fully saturated rings. The first-order valence-electron chi connectivity index (χ1n) is 5.46. The van der Waals surface area contributed by atoms with Crippen LogP contribution in [0.3, 0.4) is 0 Å². The molecule has 0 bridgehead atoms. The third-order valence-electron chi connectivity index (χ3n) is 2.91. The molecule has 0 saturated carbocycles. The largest absolute Gasteiger partial charge is 0.508 e. The molecule has 18 heavy (non-hydrogen) atoms. The van der Waals surface area contributed by atoms with Crippen molar-refractivity contribution in [3.05, 3.63) is 29.8 Å². The third-order valence-corrected chi connectivity index (χ3v) is 2.91. The first-order valence-corrected chi connectivity index (χ1v) is 5.46. The van der Waals surface area contributed by atoms with E-state index in [4.69, 9.17) is 14.9 Å². The average Bonchev–Trinajstić information content (AvgIpc) is 2.79. The normalized spacial score (nSPS) is 22.7. The molecule has 1 amide bonds. The molecule has 6 nitrogen and oxygen atoms in total. The van der Waals surface area contributed by atoms with Crippen LogP contribution in [0.25, 0.3) is 0 Å². The lowest BCUT2D eigenvalue weighted by molar-refractivity contribution is -0.144. The van der Waals surface area contributed by atoms with Gasteiger partial charge in [0, 0.05) is 18.6 Å². The van der Waals surface area contributed by atoms with Crippen molar-refractivity contribution in [3.8, 4) is 5.75 Å². The highest BCUT2D eigenvalue weighted by atomic mass is 16.5. The van der Waals surface area contributed by atoms with Gasteiger partial charge in [-0.25, -0.2) is 4.79 Å². The highest BCUT2D eigenvalue weighted by molar-refractivity contribution is 5.98. The number of nitrogens with one attached hydrogen (secondary N) is 1. The number of aromatic hydroxyl groups is 1. The minimum atomic E-state index is -1.35. The van der Waals surface area contributed by atoms with E-state index >= 15 is 0 Å². The molecule has 1 aromatic carbocycles. The van der Waals surface area contributed by atoms with Crippen LogP contribution in [-0.2, 0) is 9.53 Å².